The van der Waals surface area contributed by atoms with Crippen molar-refractivity contribution in [1.82, 2.24) is 5.32 Å². The first-order chi connectivity index (χ1) is 10.0. The molecule has 0 heterocycles. The summed E-state index contributed by atoms with van der Waals surface area (Å²) in [6.07, 6.45) is 1.12. The summed E-state index contributed by atoms with van der Waals surface area (Å²) in [7, 11) is 0. The SMILES string of the molecule is CCCNC(c1cc(C)cc(C)c1)c1ccc(Br)cc1Br. The Kier molecular flexibility index (Phi) is 6.03. The zero-order valence-electron chi connectivity index (χ0n) is 12.7. The van der Waals surface area contributed by atoms with E-state index in [9.17, 15) is 0 Å². The van der Waals surface area contributed by atoms with E-state index >= 15 is 0 Å². The predicted octanol–water partition coefficient (Wildman–Crippen LogP) is 5.92. The molecule has 112 valence electrons. The Morgan fingerprint density at radius 3 is 2.24 bits per heavy atom. The Hall–Kier alpha value is -0.640. The van der Waals surface area contributed by atoms with Crippen LogP contribution in [-0.4, -0.2) is 6.54 Å². The van der Waals surface area contributed by atoms with Crippen molar-refractivity contribution in [3.8, 4) is 0 Å². The molecule has 3 heteroatoms. The molecule has 1 N–H and O–H groups in total. The molecule has 0 radical (unpaired) electrons. The number of hydrogen-bond donors (Lipinski definition) is 1. The molecule has 0 amide bonds. The first-order valence-electron chi connectivity index (χ1n) is 7.27. The summed E-state index contributed by atoms with van der Waals surface area (Å²) in [6, 6.07) is 13.4. The van der Waals surface area contributed by atoms with E-state index in [2.05, 4.69) is 94.3 Å². The zero-order valence-corrected chi connectivity index (χ0v) is 15.9. The van der Waals surface area contributed by atoms with Crippen LogP contribution in [-0.2, 0) is 0 Å². The molecule has 0 saturated carbocycles. The summed E-state index contributed by atoms with van der Waals surface area (Å²) in [6.45, 7) is 7.51. The van der Waals surface area contributed by atoms with E-state index in [4.69, 9.17) is 0 Å². The third-order valence-electron chi connectivity index (χ3n) is 3.45. The van der Waals surface area contributed by atoms with E-state index < -0.39 is 0 Å². The fourth-order valence-corrected chi connectivity index (χ4v) is 3.88. The van der Waals surface area contributed by atoms with Crippen LogP contribution in [0.3, 0.4) is 0 Å². The minimum atomic E-state index is 0.214. The minimum absolute atomic E-state index is 0.214. The van der Waals surface area contributed by atoms with Crippen molar-refractivity contribution in [3.63, 3.8) is 0 Å². The lowest BCUT2D eigenvalue weighted by molar-refractivity contribution is 0.596. The summed E-state index contributed by atoms with van der Waals surface area (Å²) in [5, 5.41) is 3.67. The molecule has 0 fully saturated rings. The second-order valence-corrected chi connectivity index (χ2v) is 7.24. The van der Waals surface area contributed by atoms with Crippen LogP contribution in [0.2, 0.25) is 0 Å². The largest absolute Gasteiger partial charge is 0.306 e. The quantitative estimate of drug-likeness (QED) is 0.645. The van der Waals surface area contributed by atoms with Crippen molar-refractivity contribution in [2.75, 3.05) is 6.54 Å². The van der Waals surface area contributed by atoms with Crippen LogP contribution in [0.4, 0.5) is 0 Å². The second kappa shape index (κ2) is 7.57. The van der Waals surface area contributed by atoms with E-state index in [1.54, 1.807) is 0 Å². The average Bonchev–Trinajstić information content (AvgIpc) is 2.40. The molecule has 1 unspecified atom stereocenters. The molecule has 0 spiro atoms. The van der Waals surface area contributed by atoms with Gasteiger partial charge in [0.25, 0.3) is 0 Å². The van der Waals surface area contributed by atoms with Crippen LogP contribution in [0, 0.1) is 13.8 Å². The molecule has 0 aromatic heterocycles. The van der Waals surface area contributed by atoms with E-state index in [0.717, 1.165) is 21.9 Å². The van der Waals surface area contributed by atoms with Crippen molar-refractivity contribution in [1.29, 1.82) is 0 Å². The van der Waals surface area contributed by atoms with Crippen LogP contribution in [0.25, 0.3) is 0 Å². The predicted molar refractivity (Wildman–Crippen MR) is 97.9 cm³/mol. The van der Waals surface area contributed by atoms with Crippen LogP contribution in [0.15, 0.2) is 45.3 Å². The van der Waals surface area contributed by atoms with Crippen molar-refractivity contribution in [2.45, 2.75) is 33.2 Å². The van der Waals surface area contributed by atoms with Crippen LogP contribution in [0.5, 0.6) is 0 Å². The molecule has 0 saturated heterocycles. The molecular formula is C18H21Br2N. The van der Waals surface area contributed by atoms with Gasteiger partial charge < -0.3 is 5.32 Å². The third kappa shape index (κ3) is 4.41. The number of nitrogens with one attached hydrogen (secondary N) is 1. The highest BCUT2D eigenvalue weighted by atomic mass is 79.9. The average molecular weight is 411 g/mol. The Balaban J connectivity index is 2.46. The monoisotopic (exact) mass is 409 g/mol. The highest BCUT2D eigenvalue weighted by Gasteiger charge is 2.17. The number of hydrogen-bond acceptors (Lipinski definition) is 1. The first kappa shape index (κ1) is 16.7. The summed E-state index contributed by atoms with van der Waals surface area (Å²) in [5.74, 6) is 0. The molecule has 21 heavy (non-hydrogen) atoms. The maximum atomic E-state index is 3.70. The highest BCUT2D eigenvalue weighted by Crippen LogP contribution is 2.31. The molecule has 1 atom stereocenters. The van der Waals surface area contributed by atoms with E-state index in [1.165, 1.54) is 22.3 Å². The number of aryl methyl sites for hydroxylation is 2. The van der Waals surface area contributed by atoms with Gasteiger partial charge in [-0.05, 0) is 50.1 Å². The van der Waals surface area contributed by atoms with Crippen molar-refractivity contribution < 1.29 is 0 Å². The Morgan fingerprint density at radius 1 is 1.00 bits per heavy atom. The summed E-state index contributed by atoms with van der Waals surface area (Å²) in [4.78, 5) is 0. The van der Waals surface area contributed by atoms with Crippen LogP contribution >= 0.6 is 31.9 Å². The lowest BCUT2D eigenvalue weighted by atomic mass is 9.95. The molecular weight excluding hydrogens is 390 g/mol. The minimum Gasteiger partial charge on any atom is -0.306 e. The molecule has 0 aliphatic heterocycles. The standard InChI is InChI=1S/C18H21Br2N/c1-4-7-21-18(14-9-12(2)8-13(3)10-14)16-6-5-15(19)11-17(16)20/h5-6,8-11,18,21H,4,7H2,1-3H3. The highest BCUT2D eigenvalue weighted by molar-refractivity contribution is 9.11. The first-order valence-corrected chi connectivity index (χ1v) is 8.86. The summed E-state index contributed by atoms with van der Waals surface area (Å²) in [5.41, 5.74) is 5.21. The van der Waals surface area contributed by atoms with Gasteiger partial charge in [-0.1, -0.05) is 74.2 Å². The van der Waals surface area contributed by atoms with Crippen molar-refractivity contribution >= 4 is 31.9 Å². The van der Waals surface area contributed by atoms with Gasteiger partial charge in [-0.3, -0.25) is 0 Å². The van der Waals surface area contributed by atoms with Crippen molar-refractivity contribution in [2.24, 2.45) is 0 Å². The van der Waals surface area contributed by atoms with E-state index in [0.29, 0.717) is 0 Å². The number of rotatable bonds is 5. The number of benzene rings is 2. The molecule has 2 aromatic rings. The number of halogens is 2. The fourth-order valence-electron chi connectivity index (χ4n) is 2.61. The van der Waals surface area contributed by atoms with Crippen LogP contribution in [0.1, 0.15) is 41.6 Å². The van der Waals surface area contributed by atoms with Gasteiger partial charge in [-0.15, -0.1) is 0 Å². The molecule has 0 aliphatic rings. The van der Waals surface area contributed by atoms with Gasteiger partial charge in [-0.2, -0.15) is 0 Å². The van der Waals surface area contributed by atoms with Crippen LogP contribution < -0.4 is 5.32 Å². The smallest absolute Gasteiger partial charge is 0.0588 e. The normalized spacial score (nSPS) is 12.4. The molecule has 0 aliphatic carbocycles. The lowest BCUT2D eigenvalue weighted by Crippen LogP contribution is -2.23. The van der Waals surface area contributed by atoms with Gasteiger partial charge in [0.2, 0.25) is 0 Å². The maximum absolute atomic E-state index is 3.70. The Labute approximate surface area is 144 Å². The van der Waals surface area contributed by atoms with Gasteiger partial charge >= 0.3 is 0 Å². The zero-order chi connectivity index (χ0) is 15.4. The van der Waals surface area contributed by atoms with Gasteiger partial charge in [0.1, 0.15) is 0 Å². The van der Waals surface area contributed by atoms with Gasteiger partial charge in [0.15, 0.2) is 0 Å². The Bertz CT molecular complexity index is 602. The molecule has 2 rings (SSSR count). The van der Waals surface area contributed by atoms with E-state index in [-0.39, 0.29) is 6.04 Å². The van der Waals surface area contributed by atoms with Gasteiger partial charge in [0, 0.05) is 8.95 Å². The summed E-state index contributed by atoms with van der Waals surface area (Å²) >= 11 is 7.23. The van der Waals surface area contributed by atoms with E-state index in [1.807, 2.05) is 0 Å². The second-order valence-electron chi connectivity index (χ2n) is 5.47. The van der Waals surface area contributed by atoms with Gasteiger partial charge in [0.05, 0.1) is 6.04 Å². The van der Waals surface area contributed by atoms with Gasteiger partial charge in [-0.25, -0.2) is 0 Å². The summed E-state index contributed by atoms with van der Waals surface area (Å²) < 4.78 is 2.22. The fraction of sp³-hybridized carbons (Fsp3) is 0.333. The molecule has 1 nitrogen and oxygen atoms in total. The lowest BCUT2D eigenvalue weighted by Gasteiger charge is -2.22. The van der Waals surface area contributed by atoms with Crippen molar-refractivity contribution in [3.05, 3.63) is 67.6 Å². The topological polar surface area (TPSA) is 12.0 Å². The third-order valence-corrected chi connectivity index (χ3v) is 4.63. The molecule has 0 bridgehead atoms. The Morgan fingerprint density at radius 2 is 1.67 bits per heavy atom. The molecule has 2 aromatic carbocycles. The maximum Gasteiger partial charge on any atom is 0.0588 e.